The summed E-state index contributed by atoms with van der Waals surface area (Å²) in [6.07, 6.45) is 0.161. The highest BCUT2D eigenvalue weighted by Gasteiger charge is 2.30. The van der Waals surface area contributed by atoms with E-state index >= 15 is 0 Å². The first-order valence-corrected chi connectivity index (χ1v) is 10.9. The lowest BCUT2D eigenvalue weighted by atomic mass is 10.1. The third kappa shape index (κ3) is 8.45. The predicted octanol–water partition coefficient (Wildman–Crippen LogP) is 4.30. The number of aliphatic imine (C=N–C) groups is 1. The summed E-state index contributed by atoms with van der Waals surface area (Å²) in [6.45, 7) is 6.13. The van der Waals surface area contributed by atoms with Gasteiger partial charge in [-0.3, -0.25) is 0 Å². The number of rotatable bonds is 5. The van der Waals surface area contributed by atoms with Crippen LogP contribution in [0, 0.1) is 11.8 Å². The van der Waals surface area contributed by atoms with Gasteiger partial charge in [0.05, 0.1) is 24.4 Å². The van der Waals surface area contributed by atoms with Crippen LogP contribution in [0.4, 0.5) is 13.2 Å². The Balaban J connectivity index is 0.00000363. The van der Waals surface area contributed by atoms with E-state index in [1.807, 2.05) is 6.92 Å². The molecule has 0 saturated carbocycles. The Morgan fingerprint density at radius 3 is 2.72 bits per heavy atom. The van der Waals surface area contributed by atoms with Crippen LogP contribution in [0.5, 0.6) is 0 Å². The lowest BCUT2D eigenvalue weighted by molar-refractivity contribution is -0.137. The first-order valence-electron chi connectivity index (χ1n) is 10.9. The number of benzene rings is 1. The van der Waals surface area contributed by atoms with E-state index in [1.165, 1.54) is 6.07 Å². The van der Waals surface area contributed by atoms with Crippen molar-refractivity contribution >= 4 is 29.9 Å². The number of likely N-dealkylation sites (tertiary alicyclic amines) is 1. The van der Waals surface area contributed by atoms with Gasteiger partial charge in [-0.2, -0.15) is 13.2 Å². The van der Waals surface area contributed by atoms with Crippen LogP contribution in [0.3, 0.4) is 0 Å². The van der Waals surface area contributed by atoms with E-state index in [-0.39, 0.29) is 42.7 Å². The molecule has 1 N–H and O–H groups in total. The van der Waals surface area contributed by atoms with Crippen LogP contribution in [0.2, 0.25) is 0 Å². The SMILES string of the molecule is CCNC(=NCC#Cc1cccc(C(F)(F)F)c1)N1CCC(OCC2CCCO2)CC1.I. The van der Waals surface area contributed by atoms with Crippen LogP contribution in [-0.2, 0) is 15.7 Å². The zero-order valence-electron chi connectivity index (χ0n) is 18.3. The molecule has 0 aromatic heterocycles. The third-order valence-electron chi connectivity index (χ3n) is 5.35. The van der Waals surface area contributed by atoms with Crippen molar-refractivity contribution in [2.24, 2.45) is 4.99 Å². The molecule has 0 bridgehead atoms. The monoisotopic (exact) mass is 565 g/mol. The van der Waals surface area contributed by atoms with Crippen molar-refractivity contribution < 1.29 is 22.6 Å². The van der Waals surface area contributed by atoms with Gasteiger partial charge in [0.25, 0.3) is 0 Å². The van der Waals surface area contributed by atoms with Gasteiger partial charge in [-0.05, 0) is 50.8 Å². The number of ether oxygens (including phenoxy) is 2. The average Bonchev–Trinajstić information content (AvgIpc) is 3.28. The van der Waals surface area contributed by atoms with Crippen molar-refractivity contribution in [3.8, 4) is 11.8 Å². The Morgan fingerprint density at radius 1 is 1.28 bits per heavy atom. The minimum Gasteiger partial charge on any atom is -0.376 e. The highest BCUT2D eigenvalue weighted by molar-refractivity contribution is 14.0. The van der Waals surface area contributed by atoms with Crippen LogP contribution < -0.4 is 5.32 Å². The van der Waals surface area contributed by atoms with Gasteiger partial charge in [0, 0.05) is 31.8 Å². The smallest absolute Gasteiger partial charge is 0.376 e. The van der Waals surface area contributed by atoms with Gasteiger partial charge in [-0.1, -0.05) is 17.9 Å². The van der Waals surface area contributed by atoms with Crippen molar-refractivity contribution in [3.63, 3.8) is 0 Å². The first kappa shape index (κ1) is 26.7. The summed E-state index contributed by atoms with van der Waals surface area (Å²) in [4.78, 5) is 6.71. The van der Waals surface area contributed by atoms with Crippen LogP contribution in [0.25, 0.3) is 0 Å². The standard InChI is InChI=1S/C23H30F3N3O2.HI/c1-2-27-22(28-12-4-7-18-6-3-8-19(16-18)23(24,25)26)29-13-10-20(11-14-29)31-17-21-9-5-15-30-21;/h3,6,8,16,20-21H,2,5,9-15,17H2,1H3,(H,27,28);1H. The molecule has 1 aromatic carbocycles. The maximum absolute atomic E-state index is 12.8. The quantitative estimate of drug-likeness (QED) is 0.251. The molecule has 5 nitrogen and oxygen atoms in total. The molecule has 32 heavy (non-hydrogen) atoms. The van der Waals surface area contributed by atoms with Crippen molar-refractivity contribution in [3.05, 3.63) is 35.4 Å². The third-order valence-corrected chi connectivity index (χ3v) is 5.35. The molecule has 1 atom stereocenters. The Bertz CT molecular complexity index is 794. The van der Waals surface area contributed by atoms with Crippen LogP contribution >= 0.6 is 24.0 Å². The Kier molecular flexibility index (Phi) is 11.1. The van der Waals surface area contributed by atoms with Crippen molar-refractivity contribution in [2.45, 2.75) is 51.0 Å². The molecular formula is C23H31F3IN3O2. The van der Waals surface area contributed by atoms with Crippen molar-refractivity contribution in [1.29, 1.82) is 0 Å². The van der Waals surface area contributed by atoms with Gasteiger partial charge in [-0.15, -0.1) is 24.0 Å². The molecule has 9 heteroatoms. The molecule has 1 aromatic rings. The fourth-order valence-corrected chi connectivity index (χ4v) is 3.71. The summed E-state index contributed by atoms with van der Waals surface area (Å²) in [5.74, 6) is 6.41. The molecule has 3 rings (SSSR count). The van der Waals surface area contributed by atoms with Crippen molar-refractivity contribution in [1.82, 2.24) is 10.2 Å². The highest BCUT2D eigenvalue weighted by Crippen LogP contribution is 2.29. The summed E-state index contributed by atoms with van der Waals surface area (Å²) < 4.78 is 50.1. The molecule has 2 heterocycles. The van der Waals surface area contributed by atoms with Crippen LogP contribution in [0.15, 0.2) is 29.3 Å². The summed E-state index contributed by atoms with van der Waals surface area (Å²) >= 11 is 0. The van der Waals surface area contributed by atoms with Gasteiger partial charge >= 0.3 is 6.18 Å². The molecule has 2 aliphatic rings. The number of nitrogens with zero attached hydrogens (tertiary/aromatic N) is 2. The minimum atomic E-state index is -4.37. The lowest BCUT2D eigenvalue weighted by Crippen LogP contribution is -2.47. The molecule has 1 unspecified atom stereocenters. The number of guanidine groups is 1. The number of alkyl halides is 3. The van der Waals surface area contributed by atoms with E-state index in [2.05, 4.69) is 27.0 Å². The normalized spacial score (nSPS) is 19.8. The molecular weight excluding hydrogens is 534 g/mol. The number of nitrogens with one attached hydrogen (secondary N) is 1. The lowest BCUT2D eigenvalue weighted by Gasteiger charge is -2.34. The van der Waals surface area contributed by atoms with Gasteiger partial charge in [0.15, 0.2) is 5.96 Å². The summed E-state index contributed by atoms with van der Waals surface area (Å²) in [7, 11) is 0. The Hall–Kier alpha value is -1.51. The van der Waals surface area contributed by atoms with E-state index in [0.717, 1.165) is 70.0 Å². The fourth-order valence-electron chi connectivity index (χ4n) is 3.71. The van der Waals surface area contributed by atoms with Crippen LogP contribution in [-0.4, -0.2) is 62.5 Å². The van der Waals surface area contributed by atoms with E-state index in [1.54, 1.807) is 6.07 Å². The second-order valence-corrected chi connectivity index (χ2v) is 7.71. The molecule has 0 amide bonds. The highest BCUT2D eigenvalue weighted by atomic mass is 127. The molecule has 0 aliphatic carbocycles. The number of hydrogen-bond donors (Lipinski definition) is 1. The number of halogens is 4. The summed E-state index contributed by atoms with van der Waals surface area (Å²) in [6, 6.07) is 5.04. The number of piperidine rings is 1. The second kappa shape index (κ2) is 13.3. The zero-order chi connectivity index (χ0) is 22.1. The van der Waals surface area contributed by atoms with E-state index in [9.17, 15) is 13.2 Å². The number of hydrogen-bond acceptors (Lipinski definition) is 3. The Labute approximate surface area is 205 Å². The molecule has 2 saturated heterocycles. The molecule has 0 radical (unpaired) electrons. The van der Waals surface area contributed by atoms with Gasteiger partial charge in [0.2, 0.25) is 0 Å². The zero-order valence-corrected chi connectivity index (χ0v) is 20.6. The Morgan fingerprint density at radius 2 is 2.06 bits per heavy atom. The fraction of sp³-hybridized carbons (Fsp3) is 0.609. The van der Waals surface area contributed by atoms with Crippen molar-refractivity contribution in [2.75, 3.05) is 39.4 Å². The van der Waals surface area contributed by atoms with E-state index in [4.69, 9.17) is 9.47 Å². The molecule has 2 fully saturated rings. The maximum Gasteiger partial charge on any atom is 0.416 e. The first-order chi connectivity index (χ1) is 15.0. The van der Waals surface area contributed by atoms with Gasteiger partial charge in [-0.25, -0.2) is 4.99 Å². The minimum absolute atomic E-state index is 0. The largest absolute Gasteiger partial charge is 0.416 e. The maximum atomic E-state index is 12.8. The molecule has 0 spiro atoms. The predicted molar refractivity (Wildman–Crippen MR) is 129 cm³/mol. The topological polar surface area (TPSA) is 46.1 Å². The molecule has 178 valence electrons. The second-order valence-electron chi connectivity index (χ2n) is 7.71. The van der Waals surface area contributed by atoms with E-state index < -0.39 is 11.7 Å². The summed E-state index contributed by atoms with van der Waals surface area (Å²) in [5, 5.41) is 3.27. The van der Waals surface area contributed by atoms with Gasteiger partial charge in [0.1, 0.15) is 6.54 Å². The summed E-state index contributed by atoms with van der Waals surface area (Å²) in [5.41, 5.74) is -0.361. The molecule has 2 aliphatic heterocycles. The van der Waals surface area contributed by atoms with Crippen LogP contribution in [0.1, 0.15) is 43.7 Å². The van der Waals surface area contributed by atoms with Gasteiger partial charge < -0.3 is 19.7 Å². The average molecular weight is 565 g/mol. The van der Waals surface area contributed by atoms with E-state index in [0.29, 0.717) is 12.2 Å².